The second-order valence-corrected chi connectivity index (χ2v) is 7.89. The standard InChI is InChI=1S/C25H26N4/c26-23-7-3-19(4-8-23)22-5-9-24(27-18-22)20-6-10-25-21(17-20)11-14-29(25)16-15-28-12-1-2-13-28/h3-11,14,17-18H,1-2,12-13,15-16,26H2. The van der Waals surface area contributed by atoms with Gasteiger partial charge in [-0.3, -0.25) is 4.98 Å². The first kappa shape index (κ1) is 18.0. The third-order valence-electron chi connectivity index (χ3n) is 5.93. The molecule has 1 aliphatic heterocycles. The minimum Gasteiger partial charge on any atom is -0.399 e. The number of fused-ring (bicyclic) bond motifs is 1. The van der Waals surface area contributed by atoms with Crippen LogP contribution >= 0.6 is 0 Å². The molecule has 1 saturated heterocycles. The number of anilines is 1. The van der Waals surface area contributed by atoms with Crippen molar-refractivity contribution in [2.45, 2.75) is 19.4 Å². The van der Waals surface area contributed by atoms with E-state index < -0.39 is 0 Å². The Balaban J connectivity index is 1.35. The van der Waals surface area contributed by atoms with Gasteiger partial charge in [-0.1, -0.05) is 24.3 Å². The lowest BCUT2D eigenvalue weighted by molar-refractivity contribution is 0.324. The topological polar surface area (TPSA) is 47.1 Å². The van der Waals surface area contributed by atoms with E-state index in [1.165, 1.54) is 36.8 Å². The van der Waals surface area contributed by atoms with Gasteiger partial charge >= 0.3 is 0 Å². The van der Waals surface area contributed by atoms with Gasteiger partial charge in [0.2, 0.25) is 0 Å². The first-order valence-corrected chi connectivity index (χ1v) is 10.4. The molecule has 29 heavy (non-hydrogen) atoms. The van der Waals surface area contributed by atoms with Crippen molar-refractivity contribution in [1.29, 1.82) is 0 Å². The third-order valence-corrected chi connectivity index (χ3v) is 5.93. The minimum atomic E-state index is 0.777. The van der Waals surface area contributed by atoms with Gasteiger partial charge < -0.3 is 15.2 Å². The SMILES string of the molecule is Nc1ccc(-c2ccc(-c3ccc4c(ccn4CCN4CCCC4)c3)nc2)cc1. The van der Waals surface area contributed by atoms with Crippen LogP contribution in [0.4, 0.5) is 5.69 Å². The van der Waals surface area contributed by atoms with Crippen LogP contribution in [0.1, 0.15) is 12.8 Å². The lowest BCUT2D eigenvalue weighted by Gasteiger charge is -2.15. The molecule has 0 bridgehead atoms. The molecule has 0 atom stereocenters. The summed E-state index contributed by atoms with van der Waals surface area (Å²) in [4.78, 5) is 7.27. The molecule has 4 aromatic rings. The van der Waals surface area contributed by atoms with Gasteiger partial charge in [-0.05, 0) is 67.9 Å². The van der Waals surface area contributed by atoms with Crippen molar-refractivity contribution in [1.82, 2.24) is 14.5 Å². The summed E-state index contributed by atoms with van der Waals surface area (Å²) in [6.45, 7) is 4.69. The zero-order valence-corrected chi connectivity index (χ0v) is 16.6. The van der Waals surface area contributed by atoms with Crippen molar-refractivity contribution in [3.8, 4) is 22.4 Å². The molecule has 1 fully saturated rings. The Morgan fingerprint density at radius 2 is 1.55 bits per heavy atom. The number of nitrogen functional groups attached to an aromatic ring is 1. The van der Waals surface area contributed by atoms with E-state index in [1.807, 2.05) is 30.5 Å². The molecule has 0 aliphatic carbocycles. The Morgan fingerprint density at radius 1 is 0.793 bits per heavy atom. The zero-order chi connectivity index (χ0) is 19.6. The maximum absolute atomic E-state index is 5.78. The summed E-state index contributed by atoms with van der Waals surface area (Å²) in [6.07, 6.45) is 6.84. The lowest BCUT2D eigenvalue weighted by atomic mass is 10.0. The molecule has 0 unspecified atom stereocenters. The van der Waals surface area contributed by atoms with E-state index >= 15 is 0 Å². The van der Waals surface area contributed by atoms with E-state index in [9.17, 15) is 0 Å². The molecule has 0 saturated carbocycles. The van der Waals surface area contributed by atoms with Crippen molar-refractivity contribution >= 4 is 16.6 Å². The summed E-state index contributed by atoms with van der Waals surface area (Å²) in [5.41, 5.74) is 12.2. The number of likely N-dealkylation sites (tertiary alicyclic amines) is 1. The van der Waals surface area contributed by atoms with Crippen molar-refractivity contribution in [3.63, 3.8) is 0 Å². The monoisotopic (exact) mass is 382 g/mol. The number of nitrogens with zero attached hydrogens (tertiary/aromatic N) is 3. The van der Waals surface area contributed by atoms with Crippen LogP contribution in [0, 0.1) is 0 Å². The zero-order valence-electron chi connectivity index (χ0n) is 16.6. The van der Waals surface area contributed by atoms with Gasteiger partial charge in [0.25, 0.3) is 0 Å². The lowest BCUT2D eigenvalue weighted by Crippen LogP contribution is -2.23. The Hall–Kier alpha value is -3.11. The molecule has 0 spiro atoms. The van der Waals surface area contributed by atoms with E-state index in [0.717, 1.165) is 41.2 Å². The normalized spacial score (nSPS) is 14.6. The highest BCUT2D eigenvalue weighted by molar-refractivity contribution is 5.85. The van der Waals surface area contributed by atoms with E-state index in [4.69, 9.17) is 10.7 Å². The number of hydrogen-bond acceptors (Lipinski definition) is 3. The summed E-state index contributed by atoms with van der Waals surface area (Å²) in [5, 5.41) is 1.27. The van der Waals surface area contributed by atoms with Gasteiger partial charge in [0.15, 0.2) is 0 Å². The van der Waals surface area contributed by atoms with E-state index in [-0.39, 0.29) is 0 Å². The van der Waals surface area contributed by atoms with E-state index in [2.05, 4.69) is 52.1 Å². The predicted octanol–water partition coefficient (Wildman–Crippen LogP) is 5.05. The molecule has 4 nitrogen and oxygen atoms in total. The molecule has 3 heterocycles. The van der Waals surface area contributed by atoms with E-state index in [1.54, 1.807) is 0 Å². The molecule has 0 amide bonds. The van der Waals surface area contributed by atoms with Gasteiger partial charge in [0.1, 0.15) is 0 Å². The molecule has 2 N–H and O–H groups in total. The summed E-state index contributed by atoms with van der Waals surface area (Å²) >= 11 is 0. The largest absolute Gasteiger partial charge is 0.399 e. The number of hydrogen-bond donors (Lipinski definition) is 1. The second-order valence-electron chi connectivity index (χ2n) is 7.89. The Labute approximate surface area is 171 Å². The van der Waals surface area contributed by atoms with Crippen molar-refractivity contribution in [2.24, 2.45) is 0 Å². The fourth-order valence-electron chi connectivity index (χ4n) is 4.22. The molecule has 5 rings (SSSR count). The molecule has 4 heteroatoms. The number of benzene rings is 2. The maximum atomic E-state index is 5.78. The Kier molecular flexibility index (Phi) is 4.78. The van der Waals surface area contributed by atoms with Crippen LogP contribution in [0.3, 0.4) is 0 Å². The molecule has 2 aromatic carbocycles. The van der Waals surface area contributed by atoms with Crippen molar-refractivity contribution in [2.75, 3.05) is 25.4 Å². The molecular weight excluding hydrogens is 356 g/mol. The Bertz CT molecular complexity index is 1100. The molecule has 0 radical (unpaired) electrons. The summed E-state index contributed by atoms with van der Waals surface area (Å²) < 4.78 is 2.37. The average Bonchev–Trinajstić information content (AvgIpc) is 3.42. The van der Waals surface area contributed by atoms with Gasteiger partial charge in [0, 0.05) is 53.2 Å². The highest BCUT2D eigenvalue weighted by atomic mass is 15.2. The van der Waals surface area contributed by atoms with Gasteiger partial charge in [-0.25, -0.2) is 0 Å². The van der Waals surface area contributed by atoms with Crippen LogP contribution in [0.2, 0.25) is 0 Å². The van der Waals surface area contributed by atoms with Gasteiger partial charge in [0.05, 0.1) is 5.69 Å². The van der Waals surface area contributed by atoms with Crippen molar-refractivity contribution in [3.05, 3.63) is 73.1 Å². The number of rotatable bonds is 5. The van der Waals surface area contributed by atoms with Crippen LogP contribution in [-0.2, 0) is 6.54 Å². The fraction of sp³-hybridized carbons (Fsp3) is 0.240. The van der Waals surface area contributed by atoms with Gasteiger partial charge in [-0.2, -0.15) is 0 Å². The summed E-state index contributed by atoms with van der Waals surface area (Å²) in [6, 6.07) is 21.0. The van der Waals surface area contributed by atoms with Gasteiger partial charge in [-0.15, -0.1) is 0 Å². The molecule has 146 valence electrons. The van der Waals surface area contributed by atoms with Crippen LogP contribution in [0.25, 0.3) is 33.3 Å². The van der Waals surface area contributed by atoms with Crippen LogP contribution in [-0.4, -0.2) is 34.1 Å². The Morgan fingerprint density at radius 3 is 2.31 bits per heavy atom. The second kappa shape index (κ2) is 7.72. The van der Waals surface area contributed by atoms with Crippen LogP contribution < -0.4 is 5.73 Å². The smallest absolute Gasteiger partial charge is 0.0702 e. The molecule has 2 aromatic heterocycles. The number of nitrogens with two attached hydrogens (primary N) is 1. The third kappa shape index (κ3) is 3.76. The van der Waals surface area contributed by atoms with Crippen molar-refractivity contribution < 1.29 is 0 Å². The minimum absolute atomic E-state index is 0.777. The van der Waals surface area contributed by atoms with Crippen LogP contribution in [0.15, 0.2) is 73.1 Å². The summed E-state index contributed by atoms with van der Waals surface area (Å²) in [7, 11) is 0. The van der Waals surface area contributed by atoms with E-state index in [0.29, 0.717) is 0 Å². The highest BCUT2D eigenvalue weighted by Crippen LogP contribution is 2.26. The summed E-state index contributed by atoms with van der Waals surface area (Å²) in [5.74, 6) is 0. The first-order chi connectivity index (χ1) is 14.3. The number of pyridine rings is 1. The fourth-order valence-corrected chi connectivity index (χ4v) is 4.22. The highest BCUT2D eigenvalue weighted by Gasteiger charge is 2.12. The maximum Gasteiger partial charge on any atom is 0.0702 e. The first-order valence-electron chi connectivity index (χ1n) is 10.4. The average molecular weight is 383 g/mol. The quantitative estimate of drug-likeness (QED) is 0.492. The molecule has 1 aliphatic rings. The number of aromatic nitrogens is 2. The molecular formula is C25H26N4. The predicted molar refractivity (Wildman–Crippen MR) is 121 cm³/mol. The van der Waals surface area contributed by atoms with Crippen LogP contribution in [0.5, 0.6) is 0 Å².